The third-order valence-electron chi connectivity index (χ3n) is 4.03. The van der Waals surface area contributed by atoms with E-state index in [0.717, 1.165) is 58.3 Å². The minimum absolute atomic E-state index is 0.121. The van der Waals surface area contributed by atoms with E-state index in [9.17, 15) is 4.79 Å². The van der Waals surface area contributed by atoms with Gasteiger partial charge in [0.05, 0.1) is 5.41 Å². The molecule has 0 aromatic heterocycles. The van der Waals surface area contributed by atoms with Gasteiger partial charge < -0.3 is 15.8 Å². The summed E-state index contributed by atoms with van der Waals surface area (Å²) in [6.07, 6.45) is 6.29. The molecule has 0 aromatic rings. The van der Waals surface area contributed by atoms with Crippen molar-refractivity contribution in [3.63, 3.8) is 0 Å². The van der Waals surface area contributed by atoms with Crippen LogP contribution in [0.1, 0.15) is 38.5 Å². The Balaban J connectivity index is 1.84. The van der Waals surface area contributed by atoms with Gasteiger partial charge in [0, 0.05) is 25.8 Å². The fourth-order valence-electron chi connectivity index (χ4n) is 2.80. The van der Waals surface area contributed by atoms with Gasteiger partial charge in [-0.05, 0) is 25.7 Å². The summed E-state index contributed by atoms with van der Waals surface area (Å²) in [5.41, 5.74) is 5.28. The van der Waals surface area contributed by atoms with Crippen LogP contribution in [0.5, 0.6) is 0 Å². The Morgan fingerprint density at radius 2 is 1.94 bits per heavy atom. The van der Waals surface area contributed by atoms with E-state index >= 15 is 0 Å². The summed E-state index contributed by atoms with van der Waals surface area (Å²) in [5, 5.41) is 3.50. The summed E-state index contributed by atoms with van der Waals surface area (Å²) in [6.45, 7) is 2.43. The van der Waals surface area contributed by atoms with Gasteiger partial charge in [0.2, 0.25) is 5.91 Å². The minimum Gasteiger partial charge on any atom is -0.381 e. The van der Waals surface area contributed by atoms with Crippen molar-refractivity contribution in [1.82, 2.24) is 5.32 Å². The smallest absolute Gasteiger partial charge is 0.224 e. The zero-order valence-electron chi connectivity index (χ0n) is 9.84. The first-order valence-corrected chi connectivity index (χ1v) is 6.34. The summed E-state index contributed by atoms with van der Waals surface area (Å²) >= 11 is 0. The van der Waals surface area contributed by atoms with E-state index in [1.165, 1.54) is 0 Å². The van der Waals surface area contributed by atoms with Gasteiger partial charge in [-0.3, -0.25) is 4.79 Å². The number of rotatable bonds is 4. The fraction of sp³-hybridized carbons (Fsp3) is 0.917. The average molecular weight is 226 g/mol. The van der Waals surface area contributed by atoms with Crippen molar-refractivity contribution >= 4 is 5.91 Å². The van der Waals surface area contributed by atoms with E-state index in [2.05, 4.69) is 5.32 Å². The maximum atomic E-state index is 11.6. The van der Waals surface area contributed by atoms with Crippen LogP contribution in [0.3, 0.4) is 0 Å². The van der Waals surface area contributed by atoms with E-state index in [1.807, 2.05) is 0 Å². The third kappa shape index (κ3) is 2.55. The Hall–Kier alpha value is -0.610. The highest BCUT2D eigenvalue weighted by molar-refractivity contribution is 5.81. The molecule has 16 heavy (non-hydrogen) atoms. The van der Waals surface area contributed by atoms with Crippen LogP contribution >= 0.6 is 0 Å². The zero-order chi connectivity index (χ0) is 11.4. The van der Waals surface area contributed by atoms with Crippen molar-refractivity contribution in [1.29, 1.82) is 0 Å². The van der Waals surface area contributed by atoms with Crippen LogP contribution in [-0.2, 0) is 9.53 Å². The number of primary amides is 1. The molecule has 4 heteroatoms. The molecule has 92 valence electrons. The standard InChI is InChI=1S/C12H22N2O2/c13-11(15)12(5-1-2-6-12)9-14-10-3-7-16-8-4-10/h10,14H,1-9H2,(H2,13,15). The van der Waals surface area contributed by atoms with Gasteiger partial charge in [-0.2, -0.15) is 0 Å². The van der Waals surface area contributed by atoms with Crippen molar-refractivity contribution in [2.75, 3.05) is 19.8 Å². The monoisotopic (exact) mass is 226 g/mol. The lowest BCUT2D eigenvalue weighted by molar-refractivity contribution is -0.127. The van der Waals surface area contributed by atoms with Crippen LogP contribution in [-0.4, -0.2) is 31.7 Å². The maximum Gasteiger partial charge on any atom is 0.224 e. The van der Waals surface area contributed by atoms with Gasteiger partial charge in [-0.1, -0.05) is 12.8 Å². The quantitative estimate of drug-likeness (QED) is 0.745. The predicted molar refractivity (Wildman–Crippen MR) is 61.9 cm³/mol. The summed E-state index contributed by atoms with van der Waals surface area (Å²) in [7, 11) is 0. The molecule has 4 nitrogen and oxygen atoms in total. The summed E-state index contributed by atoms with van der Waals surface area (Å²) in [5.74, 6) is -0.121. The Labute approximate surface area is 96.9 Å². The maximum absolute atomic E-state index is 11.6. The number of nitrogens with one attached hydrogen (secondary N) is 1. The highest BCUT2D eigenvalue weighted by Crippen LogP contribution is 2.37. The predicted octanol–water partition coefficient (Wildman–Crippen LogP) is 0.801. The van der Waals surface area contributed by atoms with Crippen molar-refractivity contribution in [3.8, 4) is 0 Å². The van der Waals surface area contributed by atoms with E-state index in [0.29, 0.717) is 6.04 Å². The molecule has 1 aliphatic carbocycles. The average Bonchev–Trinajstić information content (AvgIpc) is 2.78. The molecular weight excluding hydrogens is 204 g/mol. The van der Waals surface area contributed by atoms with Crippen LogP contribution in [0, 0.1) is 5.41 Å². The van der Waals surface area contributed by atoms with Gasteiger partial charge in [-0.25, -0.2) is 0 Å². The lowest BCUT2D eigenvalue weighted by Crippen LogP contribution is -2.47. The molecule has 0 bridgehead atoms. The van der Waals surface area contributed by atoms with E-state index in [4.69, 9.17) is 10.5 Å². The molecule has 0 spiro atoms. The Bertz CT molecular complexity index is 243. The molecule has 2 fully saturated rings. The van der Waals surface area contributed by atoms with Crippen molar-refractivity contribution < 1.29 is 9.53 Å². The molecule has 0 atom stereocenters. The normalized spacial score (nSPS) is 25.8. The second-order valence-electron chi connectivity index (χ2n) is 5.12. The first-order valence-electron chi connectivity index (χ1n) is 6.34. The van der Waals surface area contributed by atoms with E-state index < -0.39 is 0 Å². The van der Waals surface area contributed by atoms with Crippen molar-refractivity contribution in [2.45, 2.75) is 44.6 Å². The topological polar surface area (TPSA) is 64.4 Å². The lowest BCUT2D eigenvalue weighted by atomic mass is 9.85. The fourth-order valence-corrected chi connectivity index (χ4v) is 2.80. The molecule has 0 aromatic carbocycles. The van der Waals surface area contributed by atoms with Gasteiger partial charge in [0.25, 0.3) is 0 Å². The van der Waals surface area contributed by atoms with Crippen molar-refractivity contribution in [2.24, 2.45) is 11.1 Å². The number of nitrogens with two attached hydrogens (primary N) is 1. The highest BCUT2D eigenvalue weighted by Gasteiger charge is 2.39. The van der Waals surface area contributed by atoms with Crippen LogP contribution in [0.15, 0.2) is 0 Å². The van der Waals surface area contributed by atoms with Crippen LogP contribution < -0.4 is 11.1 Å². The SMILES string of the molecule is NC(=O)C1(CNC2CCOCC2)CCCC1. The number of carbonyl (C=O) groups is 1. The van der Waals surface area contributed by atoms with Crippen LogP contribution in [0.4, 0.5) is 0 Å². The third-order valence-corrected chi connectivity index (χ3v) is 4.03. The first-order chi connectivity index (χ1) is 7.73. The van der Waals surface area contributed by atoms with Gasteiger partial charge >= 0.3 is 0 Å². The van der Waals surface area contributed by atoms with Gasteiger partial charge in [0.15, 0.2) is 0 Å². The Morgan fingerprint density at radius 1 is 1.31 bits per heavy atom. The summed E-state index contributed by atoms with van der Waals surface area (Å²) in [4.78, 5) is 11.6. The number of ether oxygens (including phenoxy) is 1. The number of amides is 1. The molecule has 1 aliphatic heterocycles. The number of hydrogen-bond acceptors (Lipinski definition) is 3. The highest BCUT2D eigenvalue weighted by atomic mass is 16.5. The van der Waals surface area contributed by atoms with Crippen LogP contribution in [0.2, 0.25) is 0 Å². The molecule has 1 saturated carbocycles. The second kappa shape index (κ2) is 5.15. The molecule has 1 saturated heterocycles. The first kappa shape index (κ1) is 11.9. The molecule has 3 N–H and O–H groups in total. The number of hydrogen-bond donors (Lipinski definition) is 2. The molecule has 2 rings (SSSR count). The lowest BCUT2D eigenvalue weighted by Gasteiger charge is -2.30. The van der Waals surface area contributed by atoms with E-state index in [1.54, 1.807) is 0 Å². The molecule has 0 unspecified atom stereocenters. The second-order valence-corrected chi connectivity index (χ2v) is 5.12. The van der Waals surface area contributed by atoms with Crippen molar-refractivity contribution in [3.05, 3.63) is 0 Å². The molecular formula is C12H22N2O2. The molecule has 0 radical (unpaired) electrons. The zero-order valence-corrected chi connectivity index (χ0v) is 9.84. The molecule has 2 aliphatic rings. The summed E-state index contributed by atoms with van der Waals surface area (Å²) in [6, 6.07) is 0.505. The minimum atomic E-state index is -0.266. The molecule has 1 heterocycles. The number of carbonyl (C=O) groups excluding carboxylic acids is 1. The van der Waals surface area contributed by atoms with Gasteiger partial charge in [-0.15, -0.1) is 0 Å². The summed E-state index contributed by atoms with van der Waals surface area (Å²) < 4.78 is 5.31. The van der Waals surface area contributed by atoms with E-state index in [-0.39, 0.29) is 11.3 Å². The van der Waals surface area contributed by atoms with Crippen LogP contribution in [0.25, 0.3) is 0 Å². The van der Waals surface area contributed by atoms with Gasteiger partial charge in [0.1, 0.15) is 0 Å². The Kier molecular flexibility index (Phi) is 3.82. The largest absolute Gasteiger partial charge is 0.381 e. The Morgan fingerprint density at radius 3 is 2.50 bits per heavy atom. The molecule has 1 amide bonds.